The van der Waals surface area contributed by atoms with Crippen molar-refractivity contribution < 1.29 is 0 Å². The molecule has 0 aliphatic heterocycles. The smallest absolute Gasteiger partial charge is 0.251 e. The number of nitrogens with zero attached hydrogens (tertiary/aromatic N) is 1. The Balaban J connectivity index is 2.27. The maximum absolute atomic E-state index is 11.1. The van der Waals surface area contributed by atoms with Crippen LogP contribution < -0.4 is 11.3 Å². The van der Waals surface area contributed by atoms with Crippen LogP contribution in [0.25, 0.3) is 0 Å². The number of aromatic nitrogens is 2. The van der Waals surface area contributed by atoms with Gasteiger partial charge in [-0.25, -0.2) is 4.98 Å². The lowest BCUT2D eigenvalue weighted by molar-refractivity contribution is 0.937. The molecule has 1 aromatic heterocycles. The average Bonchev–Trinajstić information content (AvgIpc) is 2.24. The fraction of sp³-hybridized carbons (Fsp3) is 0.0909. The Labute approximate surface area is 96.9 Å². The van der Waals surface area contributed by atoms with Gasteiger partial charge in [-0.2, -0.15) is 0 Å². The molecule has 0 aliphatic rings. The summed E-state index contributed by atoms with van der Waals surface area (Å²) in [5, 5.41) is 0.566. The minimum atomic E-state index is -0.155. The van der Waals surface area contributed by atoms with Gasteiger partial charge in [-0.3, -0.25) is 4.79 Å². The Morgan fingerprint density at radius 2 is 2.19 bits per heavy atom. The minimum absolute atomic E-state index is 0.155. The highest BCUT2D eigenvalue weighted by molar-refractivity contribution is 7.99. The number of hydrogen-bond donors (Lipinski definition) is 2. The SMILES string of the molecule is Cc1ccc(Sc2nccc(=O)[nH]2)cc1N. The van der Waals surface area contributed by atoms with Crippen molar-refractivity contribution in [2.24, 2.45) is 0 Å². The highest BCUT2D eigenvalue weighted by atomic mass is 32.2. The summed E-state index contributed by atoms with van der Waals surface area (Å²) in [5.41, 5.74) is 7.42. The van der Waals surface area contributed by atoms with Gasteiger partial charge >= 0.3 is 0 Å². The first-order chi connectivity index (χ1) is 7.65. The molecular formula is C11H11N3OS. The fourth-order valence-electron chi connectivity index (χ4n) is 1.20. The molecule has 2 rings (SSSR count). The number of nitrogens with two attached hydrogens (primary N) is 1. The second-order valence-electron chi connectivity index (χ2n) is 3.36. The number of anilines is 1. The zero-order valence-electron chi connectivity index (χ0n) is 8.73. The highest BCUT2D eigenvalue weighted by Crippen LogP contribution is 2.26. The number of rotatable bonds is 2. The van der Waals surface area contributed by atoms with E-state index in [2.05, 4.69) is 9.97 Å². The van der Waals surface area contributed by atoms with Crippen LogP contribution in [0.4, 0.5) is 5.69 Å². The molecule has 16 heavy (non-hydrogen) atoms. The quantitative estimate of drug-likeness (QED) is 0.613. The second-order valence-corrected chi connectivity index (χ2v) is 4.42. The molecule has 3 N–H and O–H groups in total. The molecule has 0 unspecified atom stereocenters. The van der Waals surface area contributed by atoms with Gasteiger partial charge in [0.25, 0.3) is 5.56 Å². The molecular weight excluding hydrogens is 222 g/mol. The van der Waals surface area contributed by atoms with Crippen molar-refractivity contribution in [2.45, 2.75) is 17.0 Å². The third kappa shape index (κ3) is 2.43. The molecule has 0 saturated carbocycles. The third-order valence-electron chi connectivity index (χ3n) is 2.11. The second kappa shape index (κ2) is 4.40. The summed E-state index contributed by atoms with van der Waals surface area (Å²) in [7, 11) is 0. The zero-order valence-corrected chi connectivity index (χ0v) is 9.54. The Hall–Kier alpha value is -1.75. The number of hydrogen-bond acceptors (Lipinski definition) is 4. The van der Waals surface area contributed by atoms with Crippen LogP contribution in [0.15, 0.2) is 45.3 Å². The fourth-order valence-corrected chi connectivity index (χ4v) is 2.01. The standard InChI is InChI=1S/C11H11N3OS/c1-7-2-3-8(6-9(7)12)16-11-13-5-4-10(15)14-11/h2-6H,12H2,1H3,(H,13,14,15). The molecule has 0 bridgehead atoms. The summed E-state index contributed by atoms with van der Waals surface area (Å²) >= 11 is 1.38. The van der Waals surface area contributed by atoms with Gasteiger partial charge in [-0.1, -0.05) is 17.8 Å². The van der Waals surface area contributed by atoms with E-state index in [1.165, 1.54) is 24.0 Å². The van der Waals surface area contributed by atoms with Crippen molar-refractivity contribution in [3.8, 4) is 0 Å². The first-order valence-electron chi connectivity index (χ1n) is 4.74. The van der Waals surface area contributed by atoms with Crippen molar-refractivity contribution in [3.63, 3.8) is 0 Å². The van der Waals surface area contributed by atoms with Gasteiger partial charge in [-0.15, -0.1) is 0 Å². The van der Waals surface area contributed by atoms with Crippen molar-refractivity contribution in [1.29, 1.82) is 0 Å². The maximum Gasteiger partial charge on any atom is 0.251 e. The highest BCUT2D eigenvalue weighted by Gasteiger charge is 2.01. The first kappa shape index (κ1) is 10.8. The number of nitrogens with one attached hydrogen (secondary N) is 1. The van der Waals surface area contributed by atoms with Gasteiger partial charge in [-0.05, 0) is 24.6 Å². The van der Waals surface area contributed by atoms with Crippen molar-refractivity contribution in [3.05, 3.63) is 46.4 Å². The van der Waals surface area contributed by atoms with Crippen LogP contribution in [0.1, 0.15) is 5.56 Å². The molecule has 1 aromatic carbocycles. The van der Waals surface area contributed by atoms with Crippen LogP contribution in [0.2, 0.25) is 0 Å². The molecule has 1 heterocycles. The van der Waals surface area contributed by atoms with Gasteiger partial charge in [0.1, 0.15) is 0 Å². The van der Waals surface area contributed by atoms with Gasteiger partial charge in [0.15, 0.2) is 5.16 Å². The van der Waals surface area contributed by atoms with Gasteiger partial charge in [0.2, 0.25) is 0 Å². The van der Waals surface area contributed by atoms with Gasteiger partial charge < -0.3 is 10.7 Å². The molecule has 0 saturated heterocycles. The molecule has 0 fully saturated rings. The molecule has 0 spiro atoms. The summed E-state index contributed by atoms with van der Waals surface area (Å²) in [6.07, 6.45) is 1.48. The van der Waals surface area contributed by atoms with Crippen LogP contribution in [0.5, 0.6) is 0 Å². The normalized spacial score (nSPS) is 10.3. The van der Waals surface area contributed by atoms with Gasteiger partial charge in [0, 0.05) is 22.8 Å². The zero-order chi connectivity index (χ0) is 11.5. The monoisotopic (exact) mass is 233 g/mol. The van der Waals surface area contributed by atoms with E-state index in [0.29, 0.717) is 5.16 Å². The van der Waals surface area contributed by atoms with E-state index in [1.54, 1.807) is 0 Å². The van der Waals surface area contributed by atoms with Crippen molar-refractivity contribution >= 4 is 17.4 Å². The summed E-state index contributed by atoms with van der Waals surface area (Å²) in [6, 6.07) is 7.14. The Kier molecular flexibility index (Phi) is 2.96. The lowest BCUT2D eigenvalue weighted by atomic mass is 10.2. The summed E-state index contributed by atoms with van der Waals surface area (Å²) in [5.74, 6) is 0. The molecule has 82 valence electrons. The van der Waals surface area contributed by atoms with Gasteiger partial charge in [0.05, 0.1) is 0 Å². The van der Waals surface area contributed by atoms with E-state index in [4.69, 9.17) is 5.73 Å². The van der Waals surface area contributed by atoms with E-state index < -0.39 is 0 Å². The van der Waals surface area contributed by atoms with E-state index in [-0.39, 0.29) is 5.56 Å². The molecule has 0 radical (unpaired) electrons. The lowest BCUT2D eigenvalue weighted by Crippen LogP contribution is -2.04. The number of benzene rings is 1. The van der Waals surface area contributed by atoms with E-state index in [9.17, 15) is 4.79 Å². The largest absolute Gasteiger partial charge is 0.398 e. The molecule has 0 amide bonds. The number of aryl methyl sites for hydroxylation is 1. The minimum Gasteiger partial charge on any atom is -0.398 e. The van der Waals surface area contributed by atoms with Crippen molar-refractivity contribution in [1.82, 2.24) is 9.97 Å². The number of H-pyrrole nitrogens is 1. The predicted octanol–water partition coefficient (Wildman–Crippen LogP) is 1.81. The average molecular weight is 233 g/mol. The maximum atomic E-state index is 11.1. The number of aromatic amines is 1. The first-order valence-corrected chi connectivity index (χ1v) is 5.56. The summed E-state index contributed by atoms with van der Waals surface area (Å²) in [4.78, 5) is 18.7. The topological polar surface area (TPSA) is 71.8 Å². The number of nitrogen functional groups attached to an aromatic ring is 1. The molecule has 4 nitrogen and oxygen atoms in total. The predicted molar refractivity (Wildman–Crippen MR) is 64.6 cm³/mol. The van der Waals surface area contributed by atoms with Crippen LogP contribution in [0.3, 0.4) is 0 Å². The summed E-state index contributed by atoms with van der Waals surface area (Å²) < 4.78 is 0. The van der Waals surface area contributed by atoms with E-state index in [0.717, 1.165) is 16.1 Å². The van der Waals surface area contributed by atoms with E-state index >= 15 is 0 Å². The Morgan fingerprint density at radius 1 is 1.38 bits per heavy atom. The van der Waals surface area contributed by atoms with Crippen LogP contribution in [-0.4, -0.2) is 9.97 Å². The Bertz CT molecular complexity index is 565. The Morgan fingerprint density at radius 3 is 2.88 bits per heavy atom. The third-order valence-corrected chi connectivity index (χ3v) is 3.00. The lowest BCUT2D eigenvalue weighted by Gasteiger charge is -2.03. The molecule has 5 heteroatoms. The molecule has 2 aromatic rings. The molecule has 0 atom stereocenters. The van der Waals surface area contributed by atoms with E-state index in [1.807, 2.05) is 25.1 Å². The summed E-state index contributed by atoms with van der Waals surface area (Å²) in [6.45, 7) is 1.95. The van der Waals surface area contributed by atoms with Crippen LogP contribution >= 0.6 is 11.8 Å². The van der Waals surface area contributed by atoms with Crippen LogP contribution in [-0.2, 0) is 0 Å². The van der Waals surface area contributed by atoms with Crippen molar-refractivity contribution in [2.75, 3.05) is 5.73 Å². The molecule has 0 aliphatic carbocycles. The van der Waals surface area contributed by atoms with Crippen LogP contribution in [0, 0.1) is 6.92 Å².